The molecule has 9 heteroatoms. The number of benzene rings is 3. The van der Waals surface area contributed by atoms with Gasteiger partial charge < -0.3 is 29.6 Å². The van der Waals surface area contributed by atoms with Crippen LogP contribution in [0.4, 0.5) is 11.4 Å². The highest BCUT2D eigenvalue weighted by molar-refractivity contribution is 7.80. The van der Waals surface area contributed by atoms with E-state index < -0.39 is 0 Å². The highest BCUT2D eigenvalue weighted by Crippen LogP contribution is 2.44. The van der Waals surface area contributed by atoms with Crippen LogP contribution in [0.3, 0.4) is 0 Å². The molecule has 44 heavy (non-hydrogen) atoms. The standard InChI is InChI=1S/C35H33N5O3S/c1-23-21-30(24(2)39(23)26-16-18-28(42-3)19-17-26)34-33(31-11-7-8-20-36-31)38-35(44)40(34)27-14-12-25(13-15-27)37-32(41)22-43-29-9-5-4-6-10-29/h4-21,33-34H,22H2,1-3H3,(H,37,41)(H,38,44). The molecule has 2 atom stereocenters. The van der Waals surface area contributed by atoms with Crippen LogP contribution in [0.15, 0.2) is 109 Å². The Labute approximate surface area is 262 Å². The highest BCUT2D eigenvalue weighted by atomic mass is 32.1. The monoisotopic (exact) mass is 603 g/mol. The van der Waals surface area contributed by atoms with Crippen LogP contribution in [-0.2, 0) is 4.79 Å². The lowest BCUT2D eigenvalue weighted by molar-refractivity contribution is -0.118. The molecule has 0 spiro atoms. The second kappa shape index (κ2) is 12.6. The predicted octanol–water partition coefficient (Wildman–Crippen LogP) is 6.69. The Balaban J connectivity index is 1.30. The number of hydrogen-bond donors (Lipinski definition) is 2. The van der Waals surface area contributed by atoms with E-state index in [1.807, 2.05) is 84.9 Å². The summed E-state index contributed by atoms with van der Waals surface area (Å²) in [7, 11) is 1.67. The third kappa shape index (κ3) is 5.87. The topological polar surface area (TPSA) is 80.7 Å². The van der Waals surface area contributed by atoms with E-state index in [-0.39, 0.29) is 24.6 Å². The van der Waals surface area contributed by atoms with Crippen molar-refractivity contribution in [1.82, 2.24) is 14.9 Å². The summed E-state index contributed by atoms with van der Waals surface area (Å²) >= 11 is 5.94. The van der Waals surface area contributed by atoms with Gasteiger partial charge in [0.2, 0.25) is 0 Å². The minimum absolute atomic E-state index is 0.0798. The van der Waals surface area contributed by atoms with Gasteiger partial charge >= 0.3 is 0 Å². The second-order valence-electron chi connectivity index (χ2n) is 10.6. The minimum atomic E-state index is -0.237. The molecular formula is C35H33N5O3S. The SMILES string of the molecule is COc1ccc(-n2c(C)cc(C3C(c4ccccn4)NC(=S)N3c3ccc(NC(=O)COc4ccccc4)cc3)c2C)cc1. The number of rotatable bonds is 9. The summed E-state index contributed by atoms with van der Waals surface area (Å²) in [6.07, 6.45) is 1.80. The van der Waals surface area contributed by atoms with E-state index in [4.69, 9.17) is 26.7 Å². The van der Waals surface area contributed by atoms with Gasteiger partial charge in [0.15, 0.2) is 11.7 Å². The number of carbonyl (C=O) groups is 1. The Kier molecular flexibility index (Phi) is 8.29. The Morgan fingerprint density at radius 1 is 0.909 bits per heavy atom. The smallest absolute Gasteiger partial charge is 0.262 e. The van der Waals surface area contributed by atoms with Crippen LogP contribution >= 0.6 is 12.2 Å². The zero-order valence-electron chi connectivity index (χ0n) is 24.7. The summed E-state index contributed by atoms with van der Waals surface area (Å²) in [5.74, 6) is 1.22. The Morgan fingerprint density at radius 2 is 1.61 bits per heavy atom. The normalized spacial score (nSPS) is 16.0. The van der Waals surface area contributed by atoms with E-state index >= 15 is 0 Å². The van der Waals surface area contributed by atoms with Crippen LogP contribution in [0.1, 0.15) is 34.7 Å². The first-order valence-corrected chi connectivity index (χ1v) is 14.8. The number of nitrogens with zero attached hydrogens (tertiary/aromatic N) is 3. The largest absolute Gasteiger partial charge is 0.497 e. The van der Waals surface area contributed by atoms with Crippen molar-refractivity contribution in [3.8, 4) is 17.2 Å². The summed E-state index contributed by atoms with van der Waals surface area (Å²) in [5.41, 5.74) is 6.88. The van der Waals surface area contributed by atoms with Gasteiger partial charge in [-0.3, -0.25) is 9.78 Å². The first-order chi connectivity index (χ1) is 21.4. The molecule has 0 bridgehead atoms. The van der Waals surface area contributed by atoms with Gasteiger partial charge in [-0.25, -0.2) is 0 Å². The van der Waals surface area contributed by atoms with Crippen molar-refractivity contribution in [2.45, 2.75) is 25.9 Å². The molecule has 2 N–H and O–H groups in total. The van der Waals surface area contributed by atoms with Crippen molar-refractivity contribution in [2.24, 2.45) is 0 Å². The molecule has 1 aliphatic rings. The molecule has 1 fully saturated rings. The summed E-state index contributed by atoms with van der Waals surface area (Å²) in [6, 6.07) is 32.8. The number of thiocarbonyl (C=S) groups is 1. The lowest BCUT2D eigenvalue weighted by Crippen LogP contribution is -2.29. The molecule has 0 radical (unpaired) electrons. The third-order valence-electron chi connectivity index (χ3n) is 7.76. The lowest BCUT2D eigenvalue weighted by atomic mass is 9.96. The Bertz CT molecular complexity index is 1760. The maximum Gasteiger partial charge on any atom is 0.262 e. The van der Waals surface area contributed by atoms with Crippen molar-refractivity contribution < 1.29 is 14.3 Å². The van der Waals surface area contributed by atoms with E-state index in [9.17, 15) is 4.79 Å². The number of ether oxygens (including phenoxy) is 2. The lowest BCUT2D eigenvalue weighted by Gasteiger charge is -2.28. The predicted molar refractivity (Wildman–Crippen MR) is 177 cm³/mol. The molecule has 3 aromatic carbocycles. The number of methoxy groups -OCH3 is 1. The van der Waals surface area contributed by atoms with Crippen molar-refractivity contribution in [3.05, 3.63) is 132 Å². The van der Waals surface area contributed by atoms with Gasteiger partial charge in [-0.15, -0.1) is 0 Å². The van der Waals surface area contributed by atoms with E-state index in [0.717, 1.165) is 39.8 Å². The number of anilines is 2. The van der Waals surface area contributed by atoms with Gasteiger partial charge in [0, 0.05) is 34.6 Å². The van der Waals surface area contributed by atoms with Crippen LogP contribution in [0.5, 0.6) is 11.5 Å². The summed E-state index contributed by atoms with van der Waals surface area (Å²) in [6.45, 7) is 4.17. The van der Waals surface area contributed by atoms with Crippen LogP contribution in [0.2, 0.25) is 0 Å². The van der Waals surface area contributed by atoms with Crippen molar-refractivity contribution in [3.63, 3.8) is 0 Å². The number of carbonyl (C=O) groups excluding carboxylic acids is 1. The number of pyridine rings is 1. The minimum Gasteiger partial charge on any atom is -0.497 e. The zero-order chi connectivity index (χ0) is 30.6. The average Bonchev–Trinajstić information content (AvgIpc) is 3.55. The highest BCUT2D eigenvalue weighted by Gasteiger charge is 2.42. The molecule has 2 aromatic heterocycles. The third-order valence-corrected chi connectivity index (χ3v) is 8.07. The second-order valence-corrected chi connectivity index (χ2v) is 10.9. The molecule has 222 valence electrons. The number of para-hydroxylation sites is 1. The van der Waals surface area contributed by atoms with Gasteiger partial charge in [-0.1, -0.05) is 24.3 Å². The molecule has 1 amide bonds. The number of hydrogen-bond acceptors (Lipinski definition) is 5. The number of nitrogens with one attached hydrogen (secondary N) is 2. The fourth-order valence-electron chi connectivity index (χ4n) is 5.73. The maximum absolute atomic E-state index is 12.5. The molecule has 5 aromatic rings. The summed E-state index contributed by atoms with van der Waals surface area (Å²) in [4.78, 5) is 19.4. The fraction of sp³-hybridized carbons (Fsp3) is 0.171. The first kappa shape index (κ1) is 28.9. The number of amides is 1. The molecule has 6 rings (SSSR count). The van der Waals surface area contributed by atoms with Gasteiger partial charge in [0.05, 0.1) is 24.9 Å². The van der Waals surface area contributed by atoms with Crippen molar-refractivity contribution >= 4 is 34.6 Å². The summed E-state index contributed by atoms with van der Waals surface area (Å²) < 4.78 is 13.2. The first-order valence-electron chi connectivity index (χ1n) is 14.3. The van der Waals surface area contributed by atoms with Crippen LogP contribution < -0.4 is 25.0 Å². The molecule has 3 heterocycles. The van der Waals surface area contributed by atoms with E-state index in [2.05, 4.69) is 52.1 Å². The van der Waals surface area contributed by atoms with Crippen molar-refractivity contribution in [2.75, 3.05) is 23.9 Å². The van der Waals surface area contributed by atoms with E-state index in [1.165, 1.54) is 0 Å². The number of aromatic nitrogens is 2. The molecular weight excluding hydrogens is 570 g/mol. The van der Waals surface area contributed by atoms with Gasteiger partial charge in [0.25, 0.3) is 5.91 Å². The Hall–Kier alpha value is -5.15. The molecule has 0 saturated carbocycles. The average molecular weight is 604 g/mol. The fourth-order valence-corrected chi connectivity index (χ4v) is 6.08. The van der Waals surface area contributed by atoms with Crippen LogP contribution in [0, 0.1) is 13.8 Å². The molecule has 1 saturated heterocycles. The van der Waals surface area contributed by atoms with Crippen molar-refractivity contribution in [1.29, 1.82) is 0 Å². The maximum atomic E-state index is 12.5. The van der Waals surface area contributed by atoms with E-state index in [0.29, 0.717) is 16.5 Å². The zero-order valence-corrected chi connectivity index (χ0v) is 25.5. The molecule has 0 aliphatic carbocycles. The van der Waals surface area contributed by atoms with Crippen LogP contribution in [-0.4, -0.2) is 34.3 Å². The Morgan fingerprint density at radius 3 is 2.30 bits per heavy atom. The molecule has 8 nitrogen and oxygen atoms in total. The van der Waals surface area contributed by atoms with Gasteiger partial charge in [-0.05, 0) is 110 Å². The van der Waals surface area contributed by atoms with Gasteiger partial charge in [-0.2, -0.15) is 0 Å². The van der Waals surface area contributed by atoms with Gasteiger partial charge in [0.1, 0.15) is 11.5 Å². The molecule has 1 aliphatic heterocycles. The molecule has 2 unspecified atom stereocenters. The van der Waals surface area contributed by atoms with E-state index in [1.54, 1.807) is 13.3 Å². The summed E-state index contributed by atoms with van der Waals surface area (Å²) in [5, 5.41) is 7.06. The quantitative estimate of drug-likeness (QED) is 0.182. The van der Waals surface area contributed by atoms with Crippen LogP contribution in [0.25, 0.3) is 5.69 Å². The number of aryl methyl sites for hydroxylation is 1.